The molecule has 5 heteroatoms. The van der Waals surface area contributed by atoms with Crippen LogP contribution in [0.25, 0.3) is 0 Å². The first kappa shape index (κ1) is 7.87. The minimum Gasteiger partial charge on any atom is -0.329 e. The van der Waals surface area contributed by atoms with Crippen molar-refractivity contribution in [2.24, 2.45) is 10.9 Å². The molecule has 60 valence electrons. The van der Waals surface area contributed by atoms with Crippen molar-refractivity contribution in [1.29, 1.82) is 0 Å². The molecule has 2 N–H and O–H groups in total. The summed E-state index contributed by atoms with van der Waals surface area (Å²) in [5.74, 6) is 1.11. The highest BCUT2D eigenvalue weighted by Crippen LogP contribution is 2.12. The second-order valence-corrected chi connectivity index (χ2v) is 2.20. The predicted octanol–water partition coefficient (Wildman–Crippen LogP) is 0.548. The maximum absolute atomic E-state index is 10.2. The third-order valence-electron chi connectivity index (χ3n) is 1.48. The van der Waals surface area contributed by atoms with E-state index in [1.165, 1.54) is 6.20 Å². The van der Waals surface area contributed by atoms with Gasteiger partial charge in [-0.1, -0.05) is 0 Å². The summed E-state index contributed by atoms with van der Waals surface area (Å²) in [7, 11) is 0. The van der Waals surface area contributed by atoms with Crippen LogP contribution in [0, 0.1) is 11.8 Å². The van der Waals surface area contributed by atoms with Gasteiger partial charge < -0.3 is 10.3 Å². The van der Waals surface area contributed by atoms with E-state index in [9.17, 15) is 4.91 Å². The molecule has 0 aliphatic rings. The Morgan fingerprint density at radius 3 is 3.09 bits per heavy atom. The Hall–Kier alpha value is -1.23. The quantitative estimate of drug-likeness (QED) is 0.646. The molecular weight excluding hydrogens is 144 g/mol. The number of imidazole rings is 1. The van der Waals surface area contributed by atoms with Gasteiger partial charge in [0.05, 0.1) is 6.20 Å². The van der Waals surface area contributed by atoms with Crippen LogP contribution in [-0.4, -0.2) is 16.1 Å². The molecule has 0 amide bonds. The van der Waals surface area contributed by atoms with E-state index in [-0.39, 0.29) is 0 Å². The van der Waals surface area contributed by atoms with E-state index in [0.29, 0.717) is 18.9 Å². The van der Waals surface area contributed by atoms with Gasteiger partial charge in [-0.2, -0.15) is 0 Å². The summed E-state index contributed by atoms with van der Waals surface area (Å²) >= 11 is 0. The van der Waals surface area contributed by atoms with Gasteiger partial charge in [-0.25, -0.2) is 4.98 Å². The molecule has 0 radical (unpaired) electrons. The van der Waals surface area contributed by atoms with Crippen molar-refractivity contribution < 1.29 is 0 Å². The number of hydrogen-bond acceptors (Lipinski definition) is 4. The molecule has 0 aliphatic carbocycles. The van der Waals surface area contributed by atoms with Crippen LogP contribution in [-0.2, 0) is 6.54 Å². The van der Waals surface area contributed by atoms with Gasteiger partial charge in [-0.3, -0.25) is 0 Å². The normalized spacial score (nSPS) is 10.0. The third-order valence-corrected chi connectivity index (χ3v) is 1.48. The van der Waals surface area contributed by atoms with E-state index in [1.54, 1.807) is 4.57 Å². The van der Waals surface area contributed by atoms with Crippen molar-refractivity contribution in [2.75, 3.05) is 6.54 Å². The Balaban J connectivity index is 2.97. The molecule has 0 saturated carbocycles. The Morgan fingerprint density at radius 1 is 1.82 bits per heavy atom. The number of hydrogen-bond donors (Lipinski definition) is 1. The minimum atomic E-state index is 0.341. The first-order chi connectivity index (χ1) is 5.29. The highest BCUT2D eigenvalue weighted by atomic mass is 16.3. The Morgan fingerprint density at radius 2 is 2.55 bits per heavy atom. The van der Waals surface area contributed by atoms with E-state index in [1.807, 2.05) is 6.92 Å². The molecule has 1 heterocycles. The first-order valence-electron chi connectivity index (χ1n) is 3.35. The van der Waals surface area contributed by atoms with Gasteiger partial charge >= 0.3 is 0 Å². The molecule has 0 fully saturated rings. The predicted molar refractivity (Wildman–Crippen MR) is 41.5 cm³/mol. The topological polar surface area (TPSA) is 73.3 Å². The molecule has 1 rings (SSSR count). The van der Waals surface area contributed by atoms with E-state index >= 15 is 0 Å². The third kappa shape index (κ3) is 1.43. The molecule has 11 heavy (non-hydrogen) atoms. The summed E-state index contributed by atoms with van der Waals surface area (Å²) in [5.41, 5.74) is 5.32. The average Bonchev–Trinajstić information content (AvgIpc) is 2.34. The lowest BCUT2D eigenvalue weighted by Crippen LogP contribution is -2.10. The summed E-state index contributed by atoms with van der Waals surface area (Å²) in [6.45, 7) is 2.89. The lowest BCUT2D eigenvalue weighted by Gasteiger charge is -2.01. The molecule has 0 unspecified atom stereocenters. The zero-order valence-corrected chi connectivity index (χ0v) is 6.32. The van der Waals surface area contributed by atoms with Gasteiger partial charge in [0.15, 0.2) is 5.82 Å². The Labute approximate surface area is 64.2 Å². The highest BCUT2D eigenvalue weighted by Gasteiger charge is 2.04. The van der Waals surface area contributed by atoms with Gasteiger partial charge in [0.25, 0.3) is 0 Å². The second-order valence-electron chi connectivity index (χ2n) is 2.20. The van der Waals surface area contributed by atoms with Crippen LogP contribution < -0.4 is 5.73 Å². The fraction of sp³-hybridized carbons (Fsp3) is 0.500. The maximum Gasteiger partial charge on any atom is 0.197 e. The Bertz CT molecular complexity index is 255. The molecule has 1 aromatic heterocycles. The number of aromatic nitrogens is 2. The van der Waals surface area contributed by atoms with Crippen LogP contribution in [0.5, 0.6) is 0 Å². The number of nitroso groups, excluding NO2 is 1. The summed E-state index contributed by atoms with van der Waals surface area (Å²) < 4.78 is 1.69. The SMILES string of the molecule is Cc1ncc(N=O)n1CCN. The van der Waals surface area contributed by atoms with Gasteiger partial charge in [-0.15, -0.1) is 4.91 Å². The summed E-state index contributed by atoms with van der Waals surface area (Å²) in [4.78, 5) is 14.1. The second kappa shape index (κ2) is 3.25. The smallest absolute Gasteiger partial charge is 0.197 e. The van der Waals surface area contributed by atoms with Crippen molar-refractivity contribution in [1.82, 2.24) is 9.55 Å². The maximum atomic E-state index is 10.2. The summed E-state index contributed by atoms with van der Waals surface area (Å²) in [6.07, 6.45) is 1.44. The average molecular weight is 154 g/mol. The lowest BCUT2D eigenvalue weighted by atomic mass is 10.5. The molecule has 5 nitrogen and oxygen atoms in total. The van der Waals surface area contributed by atoms with Crippen LogP contribution in [0.4, 0.5) is 5.82 Å². The number of nitrogens with zero attached hydrogens (tertiary/aromatic N) is 3. The largest absolute Gasteiger partial charge is 0.329 e. The molecule has 0 aromatic carbocycles. The molecule has 0 aliphatic heterocycles. The molecular formula is C6H10N4O. The zero-order valence-electron chi connectivity index (χ0n) is 6.32. The van der Waals surface area contributed by atoms with E-state index in [0.717, 1.165) is 5.82 Å². The van der Waals surface area contributed by atoms with Crippen LogP contribution in [0.1, 0.15) is 5.82 Å². The lowest BCUT2D eigenvalue weighted by molar-refractivity contribution is 0.687. The van der Waals surface area contributed by atoms with Crippen molar-refractivity contribution in [3.05, 3.63) is 16.9 Å². The number of nitrogens with two attached hydrogens (primary N) is 1. The number of rotatable bonds is 3. The van der Waals surface area contributed by atoms with Crippen molar-refractivity contribution >= 4 is 5.82 Å². The summed E-state index contributed by atoms with van der Waals surface area (Å²) in [6, 6.07) is 0. The van der Waals surface area contributed by atoms with E-state index in [2.05, 4.69) is 10.2 Å². The van der Waals surface area contributed by atoms with E-state index in [4.69, 9.17) is 5.73 Å². The van der Waals surface area contributed by atoms with Gasteiger partial charge in [-0.05, 0) is 12.1 Å². The minimum absolute atomic E-state index is 0.341. The van der Waals surface area contributed by atoms with Crippen molar-refractivity contribution in [3.63, 3.8) is 0 Å². The van der Waals surface area contributed by atoms with Crippen LogP contribution >= 0.6 is 0 Å². The first-order valence-corrected chi connectivity index (χ1v) is 3.35. The molecule has 0 saturated heterocycles. The zero-order chi connectivity index (χ0) is 8.27. The van der Waals surface area contributed by atoms with Crippen LogP contribution in [0.3, 0.4) is 0 Å². The van der Waals surface area contributed by atoms with Crippen molar-refractivity contribution in [2.45, 2.75) is 13.5 Å². The highest BCUT2D eigenvalue weighted by molar-refractivity contribution is 5.26. The van der Waals surface area contributed by atoms with Crippen LogP contribution in [0.2, 0.25) is 0 Å². The van der Waals surface area contributed by atoms with Gasteiger partial charge in [0.1, 0.15) is 5.82 Å². The molecule has 0 bridgehead atoms. The van der Waals surface area contributed by atoms with Crippen molar-refractivity contribution in [3.8, 4) is 0 Å². The van der Waals surface area contributed by atoms with Gasteiger partial charge in [0, 0.05) is 13.1 Å². The Kier molecular flexibility index (Phi) is 2.32. The van der Waals surface area contributed by atoms with E-state index < -0.39 is 0 Å². The molecule has 0 atom stereocenters. The fourth-order valence-electron chi connectivity index (χ4n) is 0.935. The van der Waals surface area contributed by atoms with Crippen LogP contribution in [0.15, 0.2) is 11.4 Å². The molecule has 1 aromatic rings. The number of aryl methyl sites for hydroxylation is 1. The summed E-state index contributed by atoms with van der Waals surface area (Å²) in [5, 5.41) is 2.80. The van der Waals surface area contributed by atoms with Gasteiger partial charge in [0.2, 0.25) is 0 Å². The molecule has 0 spiro atoms. The monoisotopic (exact) mass is 154 g/mol. The standard InChI is InChI=1S/C6H10N4O/c1-5-8-4-6(9-11)10(5)3-2-7/h4H,2-3,7H2,1H3. The fourth-order valence-corrected chi connectivity index (χ4v) is 0.935.